The topological polar surface area (TPSA) is 38.0 Å². The first-order valence-corrected chi connectivity index (χ1v) is 2.40. The van der Waals surface area contributed by atoms with Crippen LogP contribution in [0.3, 0.4) is 0 Å². The minimum absolute atomic E-state index is 0.576. The summed E-state index contributed by atoms with van der Waals surface area (Å²) in [5.41, 5.74) is 6.13. The number of hydrogen-bond donors (Lipinski definition) is 2. The third kappa shape index (κ3) is 3.10. The molecule has 0 aliphatic heterocycles. The van der Waals surface area contributed by atoms with E-state index in [2.05, 4.69) is 11.4 Å². The zero-order valence-electron chi connectivity index (χ0n) is 4.94. The van der Waals surface area contributed by atoms with Gasteiger partial charge in [0, 0.05) is 11.7 Å². The Hall–Kier alpha value is -1.10. The average Bonchev–Trinajstić information content (AvgIpc) is 1.83. The van der Waals surface area contributed by atoms with Gasteiger partial charge in [-0.1, -0.05) is 12.5 Å². The third-order valence-electron chi connectivity index (χ3n) is 0.765. The maximum absolute atomic E-state index is 5.36. The van der Waals surface area contributed by atoms with E-state index in [1.807, 2.05) is 13.0 Å². The number of hydrogen-bond acceptors (Lipinski definition) is 2. The van der Waals surface area contributed by atoms with E-state index in [1.54, 1.807) is 0 Å². The first-order valence-electron chi connectivity index (χ1n) is 2.40. The highest BCUT2D eigenvalue weighted by Crippen LogP contribution is 1.75. The summed E-state index contributed by atoms with van der Waals surface area (Å²) in [6.45, 7) is 2.44. The summed E-state index contributed by atoms with van der Waals surface area (Å²) >= 11 is 0. The minimum Gasteiger partial charge on any atom is -0.401 e. The second-order valence-corrected chi connectivity index (χ2v) is 1.36. The Morgan fingerprint density at radius 1 is 2.00 bits per heavy atom. The Labute approximate surface area is 49.8 Å². The molecule has 8 heavy (non-hydrogen) atoms. The van der Waals surface area contributed by atoms with Crippen molar-refractivity contribution in [1.29, 1.82) is 0 Å². The molecule has 0 aromatic carbocycles. The van der Waals surface area contributed by atoms with Crippen LogP contribution < -0.4 is 11.1 Å². The summed E-state index contributed by atoms with van der Waals surface area (Å²) in [5.74, 6) is 0. The Balaban J connectivity index is 3.29. The number of nitrogens with two attached hydrogens (primary N) is 1. The first kappa shape index (κ1) is 6.90. The number of rotatable bonds is 2. The number of nitrogens with one attached hydrogen (secondary N) is 1. The van der Waals surface area contributed by atoms with E-state index < -0.39 is 0 Å². The van der Waals surface area contributed by atoms with Crippen molar-refractivity contribution >= 4 is 0 Å². The van der Waals surface area contributed by atoms with Crippen molar-refractivity contribution in [3.05, 3.63) is 11.8 Å². The van der Waals surface area contributed by atoms with E-state index in [4.69, 9.17) is 12.2 Å². The van der Waals surface area contributed by atoms with Crippen molar-refractivity contribution in [2.24, 2.45) is 5.73 Å². The summed E-state index contributed by atoms with van der Waals surface area (Å²) < 4.78 is 0. The SMILES string of the molecule is C#CNC/C(N)=C\C. The number of terminal acetylenes is 1. The molecule has 0 aliphatic carbocycles. The molecule has 0 aromatic heterocycles. The van der Waals surface area contributed by atoms with Gasteiger partial charge < -0.3 is 11.1 Å². The van der Waals surface area contributed by atoms with Gasteiger partial charge in [0.2, 0.25) is 0 Å². The van der Waals surface area contributed by atoms with Crippen molar-refractivity contribution in [3.8, 4) is 12.5 Å². The molecule has 2 nitrogen and oxygen atoms in total. The molecule has 0 heterocycles. The van der Waals surface area contributed by atoms with Crippen LogP contribution in [0.1, 0.15) is 6.92 Å². The largest absolute Gasteiger partial charge is 0.401 e. The zero-order valence-corrected chi connectivity index (χ0v) is 4.94. The van der Waals surface area contributed by atoms with Crippen molar-refractivity contribution in [1.82, 2.24) is 5.32 Å². The molecule has 0 fully saturated rings. The summed E-state index contributed by atoms with van der Waals surface area (Å²) in [4.78, 5) is 0. The second-order valence-electron chi connectivity index (χ2n) is 1.36. The van der Waals surface area contributed by atoms with E-state index in [-0.39, 0.29) is 0 Å². The van der Waals surface area contributed by atoms with Gasteiger partial charge in [-0.3, -0.25) is 0 Å². The molecule has 0 unspecified atom stereocenters. The molecule has 0 radical (unpaired) electrons. The lowest BCUT2D eigenvalue weighted by atomic mass is 10.4. The maximum atomic E-state index is 5.36. The monoisotopic (exact) mass is 110 g/mol. The highest BCUT2D eigenvalue weighted by atomic mass is 14.8. The quantitative estimate of drug-likeness (QED) is 0.389. The van der Waals surface area contributed by atoms with Crippen LogP contribution in [-0.4, -0.2) is 6.54 Å². The summed E-state index contributed by atoms with van der Waals surface area (Å²) in [7, 11) is 0. The van der Waals surface area contributed by atoms with E-state index in [0.29, 0.717) is 6.54 Å². The van der Waals surface area contributed by atoms with Crippen molar-refractivity contribution in [3.63, 3.8) is 0 Å². The Morgan fingerprint density at radius 2 is 2.62 bits per heavy atom. The van der Waals surface area contributed by atoms with Gasteiger partial charge in [0.05, 0.1) is 6.54 Å². The molecule has 2 heteroatoms. The van der Waals surface area contributed by atoms with Crippen LogP contribution in [0.4, 0.5) is 0 Å². The molecule has 3 N–H and O–H groups in total. The molecule has 0 saturated heterocycles. The van der Waals surface area contributed by atoms with Gasteiger partial charge in [-0.15, -0.1) is 0 Å². The summed E-state index contributed by atoms with van der Waals surface area (Å²) in [6, 6.07) is 2.26. The van der Waals surface area contributed by atoms with E-state index in [9.17, 15) is 0 Å². The van der Waals surface area contributed by atoms with Gasteiger partial charge in [-0.2, -0.15) is 0 Å². The Kier molecular flexibility index (Phi) is 3.51. The molecular weight excluding hydrogens is 100 g/mol. The molecule has 0 spiro atoms. The zero-order chi connectivity index (χ0) is 6.41. The minimum atomic E-state index is 0.576. The van der Waals surface area contributed by atoms with Crippen LogP contribution >= 0.6 is 0 Å². The van der Waals surface area contributed by atoms with Crippen LogP contribution in [0.25, 0.3) is 0 Å². The van der Waals surface area contributed by atoms with Gasteiger partial charge in [0.15, 0.2) is 0 Å². The first-order chi connectivity index (χ1) is 3.81. The lowest BCUT2D eigenvalue weighted by molar-refractivity contribution is 0.952. The number of allylic oxidation sites excluding steroid dienone is 1. The average molecular weight is 110 g/mol. The fraction of sp³-hybridized carbons (Fsp3) is 0.333. The molecule has 0 bridgehead atoms. The molecular formula is C6H10N2. The van der Waals surface area contributed by atoms with Gasteiger partial charge in [0.25, 0.3) is 0 Å². The van der Waals surface area contributed by atoms with Crippen LogP contribution in [0.5, 0.6) is 0 Å². The van der Waals surface area contributed by atoms with Gasteiger partial charge in [-0.05, 0) is 6.92 Å². The predicted molar refractivity (Wildman–Crippen MR) is 34.8 cm³/mol. The Bertz CT molecular complexity index is 119. The molecule has 0 aromatic rings. The smallest absolute Gasteiger partial charge is 0.0621 e. The fourth-order valence-corrected chi connectivity index (χ4v) is 0.255. The third-order valence-corrected chi connectivity index (χ3v) is 0.765. The van der Waals surface area contributed by atoms with Gasteiger partial charge >= 0.3 is 0 Å². The highest BCUT2D eigenvalue weighted by Gasteiger charge is 1.80. The molecule has 0 amide bonds. The van der Waals surface area contributed by atoms with E-state index in [1.165, 1.54) is 0 Å². The van der Waals surface area contributed by atoms with Crippen LogP contribution in [-0.2, 0) is 0 Å². The van der Waals surface area contributed by atoms with Gasteiger partial charge in [0.1, 0.15) is 0 Å². The lowest BCUT2D eigenvalue weighted by Gasteiger charge is -1.95. The molecule has 0 atom stereocenters. The molecule has 0 saturated carbocycles. The molecule has 0 rings (SSSR count). The van der Waals surface area contributed by atoms with Crippen LogP contribution in [0.15, 0.2) is 11.8 Å². The normalized spacial score (nSPS) is 10.2. The van der Waals surface area contributed by atoms with Gasteiger partial charge in [-0.25, -0.2) is 0 Å². The fourth-order valence-electron chi connectivity index (χ4n) is 0.255. The van der Waals surface area contributed by atoms with E-state index >= 15 is 0 Å². The summed E-state index contributed by atoms with van der Waals surface area (Å²) in [5, 5.41) is 2.63. The summed E-state index contributed by atoms with van der Waals surface area (Å²) in [6.07, 6.45) is 6.70. The molecule has 44 valence electrons. The van der Waals surface area contributed by atoms with E-state index in [0.717, 1.165) is 5.70 Å². The van der Waals surface area contributed by atoms with Crippen molar-refractivity contribution in [2.45, 2.75) is 6.92 Å². The maximum Gasteiger partial charge on any atom is 0.0621 e. The second kappa shape index (κ2) is 4.07. The van der Waals surface area contributed by atoms with Crippen molar-refractivity contribution < 1.29 is 0 Å². The molecule has 0 aliphatic rings. The van der Waals surface area contributed by atoms with Crippen molar-refractivity contribution in [2.75, 3.05) is 6.54 Å². The van der Waals surface area contributed by atoms with Crippen LogP contribution in [0.2, 0.25) is 0 Å². The lowest BCUT2D eigenvalue weighted by Crippen LogP contribution is -2.15. The Morgan fingerprint density at radius 3 is 3.00 bits per heavy atom. The highest BCUT2D eigenvalue weighted by molar-refractivity contribution is 4.99. The standard InChI is InChI=1S/C6H10N2/c1-3-6(7)5-8-4-2/h2-3,8H,5,7H2,1H3/b6-3+. The van der Waals surface area contributed by atoms with Crippen LogP contribution in [0, 0.1) is 12.5 Å². The predicted octanol–water partition coefficient (Wildman–Crippen LogP) is 0.0292.